The molecule has 1 rings (SSSR count). The molecule has 0 aliphatic rings. The van der Waals surface area contributed by atoms with Crippen molar-refractivity contribution in [2.24, 2.45) is 5.73 Å². The molecule has 7 heteroatoms. The van der Waals surface area contributed by atoms with Gasteiger partial charge in [-0.3, -0.25) is 4.79 Å². The Balaban J connectivity index is 0.00000324. The van der Waals surface area contributed by atoms with Crippen LogP contribution < -0.4 is 11.1 Å². The van der Waals surface area contributed by atoms with Gasteiger partial charge in [0.1, 0.15) is 10.0 Å². The highest BCUT2D eigenvalue weighted by Crippen LogP contribution is 2.25. The number of nitrogens with one attached hydrogen (secondary N) is 1. The molecule has 1 amide bonds. The number of amides is 1. The van der Waals surface area contributed by atoms with Gasteiger partial charge in [-0.05, 0) is 6.42 Å². The predicted molar refractivity (Wildman–Crippen MR) is 80.6 cm³/mol. The van der Waals surface area contributed by atoms with E-state index in [2.05, 4.69) is 36.3 Å². The lowest BCUT2D eigenvalue weighted by atomic mass is 9.98. The number of nitrogens with two attached hydrogens (primary N) is 1. The molecule has 0 aliphatic heterocycles. The van der Waals surface area contributed by atoms with Gasteiger partial charge in [-0.1, -0.05) is 45.5 Å². The maximum absolute atomic E-state index is 11.6. The number of nitrogens with zero attached hydrogens (tertiary/aromatic N) is 2. The minimum absolute atomic E-state index is 0. The smallest absolute Gasteiger partial charge is 0.237 e. The molecule has 1 aromatic rings. The van der Waals surface area contributed by atoms with Gasteiger partial charge in [0.2, 0.25) is 5.91 Å². The van der Waals surface area contributed by atoms with E-state index in [1.165, 1.54) is 11.3 Å². The lowest BCUT2D eigenvalue weighted by Crippen LogP contribution is -2.40. The maximum Gasteiger partial charge on any atom is 0.237 e. The van der Waals surface area contributed by atoms with E-state index >= 15 is 0 Å². The predicted octanol–water partition coefficient (Wildman–Crippen LogP) is 2.00. The maximum atomic E-state index is 11.6. The van der Waals surface area contributed by atoms with Crippen LogP contribution in [0.2, 0.25) is 0 Å². The highest BCUT2D eigenvalue weighted by atomic mass is 35.5. The molecule has 110 valence electrons. The van der Waals surface area contributed by atoms with Gasteiger partial charge in [-0.15, -0.1) is 22.6 Å². The van der Waals surface area contributed by atoms with Crippen molar-refractivity contribution in [2.45, 2.75) is 58.5 Å². The number of aromatic nitrogens is 2. The molecule has 0 spiro atoms. The molecule has 1 atom stereocenters. The zero-order valence-electron chi connectivity index (χ0n) is 11.9. The third kappa shape index (κ3) is 5.84. The first kappa shape index (κ1) is 18.3. The Morgan fingerprint density at radius 3 is 2.53 bits per heavy atom. The molecule has 0 aromatic carbocycles. The topological polar surface area (TPSA) is 80.9 Å². The summed E-state index contributed by atoms with van der Waals surface area (Å²) in [7, 11) is 0. The molecule has 0 saturated heterocycles. The second-order valence-electron chi connectivity index (χ2n) is 5.36. The largest absolute Gasteiger partial charge is 0.348 e. The lowest BCUT2D eigenvalue weighted by Gasteiger charge is -2.12. The van der Waals surface area contributed by atoms with Gasteiger partial charge in [-0.25, -0.2) is 0 Å². The third-order valence-electron chi connectivity index (χ3n) is 2.46. The van der Waals surface area contributed by atoms with Crippen molar-refractivity contribution in [1.82, 2.24) is 15.5 Å². The van der Waals surface area contributed by atoms with Gasteiger partial charge in [0.05, 0.1) is 12.6 Å². The van der Waals surface area contributed by atoms with Gasteiger partial charge in [-0.2, -0.15) is 0 Å². The quantitative estimate of drug-likeness (QED) is 0.872. The second kappa shape index (κ2) is 7.77. The summed E-state index contributed by atoms with van der Waals surface area (Å²) in [4.78, 5) is 11.6. The molecule has 0 fully saturated rings. The summed E-state index contributed by atoms with van der Waals surface area (Å²) in [6.07, 6.45) is 1.61. The summed E-state index contributed by atoms with van der Waals surface area (Å²) < 4.78 is 0. The van der Waals surface area contributed by atoms with Crippen molar-refractivity contribution < 1.29 is 4.79 Å². The number of rotatable bonds is 5. The summed E-state index contributed by atoms with van der Waals surface area (Å²) in [6.45, 7) is 8.69. The first-order chi connectivity index (χ1) is 8.34. The van der Waals surface area contributed by atoms with Crippen LogP contribution in [-0.4, -0.2) is 22.1 Å². The normalized spacial score (nSPS) is 12.7. The fraction of sp³-hybridized carbons (Fsp3) is 0.750. The van der Waals surface area contributed by atoms with Crippen LogP contribution in [0.4, 0.5) is 0 Å². The van der Waals surface area contributed by atoms with Crippen LogP contribution >= 0.6 is 23.7 Å². The fourth-order valence-electron chi connectivity index (χ4n) is 1.36. The SMILES string of the molecule is CCCC(N)C(=O)NCc1nnc(C(C)(C)C)s1.Cl. The summed E-state index contributed by atoms with van der Waals surface area (Å²) >= 11 is 1.53. The van der Waals surface area contributed by atoms with Crippen LogP contribution in [0.15, 0.2) is 0 Å². The molecule has 0 bridgehead atoms. The molecule has 5 nitrogen and oxygen atoms in total. The monoisotopic (exact) mass is 306 g/mol. The summed E-state index contributed by atoms with van der Waals surface area (Å²) in [5.41, 5.74) is 5.72. The molecule has 1 heterocycles. The number of carbonyl (C=O) groups is 1. The Morgan fingerprint density at radius 2 is 2.05 bits per heavy atom. The van der Waals surface area contributed by atoms with Crippen molar-refractivity contribution in [2.75, 3.05) is 0 Å². The van der Waals surface area contributed by atoms with Crippen molar-refractivity contribution in [1.29, 1.82) is 0 Å². The van der Waals surface area contributed by atoms with Crippen LogP contribution in [0.1, 0.15) is 50.6 Å². The molecule has 3 N–H and O–H groups in total. The fourth-order valence-corrected chi connectivity index (χ4v) is 2.20. The van der Waals surface area contributed by atoms with Crippen LogP contribution in [0.25, 0.3) is 0 Å². The van der Waals surface area contributed by atoms with Crippen LogP contribution in [0.5, 0.6) is 0 Å². The van der Waals surface area contributed by atoms with E-state index in [1.807, 2.05) is 6.92 Å². The molecule has 0 radical (unpaired) electrons. The minimum Gasteiger partial charge on any atom is -0.348 e. The van der Waals surface area contributed by atoms with Gasteiger partial charge < -0.3 is 11.1 Å². The van der Waals surface area contributed by atoms with E-state index in [0.717, 1.165) is 16.4 Å². The second-order valence-corrected chi connectivity index (χ2v) is 6.43. The van der Waals surface area contributed by atoms with Gasteiger partial charge in [0, 0.05) is 5.41 Å². The van der Waals surface area contributed by atoms with Gasteiger partial charge in [0.25, 0.3) is 0 Å². The third-order valence-corrected chi connectivity index (χ3v) is 3.81. The van der Waals surface area contributed by atoms with E-state index < -0.39 is 6.04 Å². The number of hydrogen-bond donors (Lipinski definition) is 2. The van der Waals surface area contributed by atoms with Crippen LogP contribution in [0.3, 0.4) is 0 Å². The lowest BCUT2D eigenvalue weighted by molar-refractivity contribution is -0.122. The Kier molecular flexibility index (Phi) is 7.47. The Bertz CT molecular complexity index is 403. The molecular weight excluding hydrogens is 284 g/mol. The van der Waals surface area contributed by atoms with E-state index in [1.54, 1.807) is 0 Å². The van der Waals surface area contributed by atoms with Crippen molar-refractivity contribution in [3.63, 3.8) is 0 Å². The van der Waals surface area contributed by atoms with E-state index in [0.29, 0.717) is 13.0 Å². The van der Waals surface area contributed by atoms with E-state index in [4.69, 9.17) is 5.73 Å². The van der Waals surface area contributed by atoms with E-state index in [9.17, 15) is 4.79 Å². The van der Waals surface area contributed by atoms with E-state index in [-0.39, 0.29) is 23.7 Å². The molecular formula is C12H23ClN4OS. The number of carbonyl (C=O) groups excluding carboxylic acids is 1. The zero-order valence-corrected chi connectivity index (χ0v) is 13.5. The summed E-state index contributed by atoms with van der Waals surface area (Å²) in [5.74, 6) is -0.121. The Hall–Kier alpha value is -0.720. The average Bonchev–Trinajstić information content (AvgIpc) is 2.74. The number of hydrogen-bond acceptors (Lipinski definition) is 5. The summed E-state index contributed by atoms with van der Waals surface area (Å²) in [5, 5.41) is 12.8. The molecule has 19 heavy (non-hydrogen) atoms. The average molecular weight is 307 g/mol. The minimum atomic E-state index is -0.426. The highest BCUT2D eigenvalue weighted by molar-refractivity contribution is 7.11. The van der Waals surface area contributed by atoms with Crippen LogP contribution in [0, 0.1) is 0 Å². The highest BCUT2D eigenvalue weighted by Gasteiger charge is 2.19. The number of halogens is 1. The Labute approximate surface area is 124 Å². The van der Waals surface area contributed by atoms with Crippen LogP contribution in [-0.2, 0) is 16.8 Å². The van der Waals surface area contributed by atoms with Gasteiger partial charge in [0.15, 0.2) is 0 Å². The molecule has 1 aromatic heterocycles. The van der Waals surface area contributed by atoms with Crippen molar-refractivity contribution in [3.05, 3.63) is 10.0 Å². The first-order valence-corrected chi connectivity index (χ1v) is 7.02. The zero-order chi connectivity index (χ0) is 13.8. The molecule has 1 unspecified atom stereocenters. The molecule has 0 aliphatic carbocycles. The molecule has 0 saturated carbocycles. The summed E-state index contributed by atoms with van der Waals surface area (Å²) in [6, 6.07) is -0.426. The van der Waals surface area contributed by atoms with Gasteiger partial charge >= 0.3 is 0 Å². The van der Waals surface area contributed by atoms with Crippen molar-refractivity contribution in [3.8, 4) is 0 Å². The Morgan fingerprint density at radius 1 is 1.42 bits per heavy atom. The standard InChI is InChI=1S/C12H22N4OS.ClH/c1-5-6-8(13)10(17)14-7-9-15-16-11(18-9)12(2,3)4;/h8H,5-7,13H2,1-4H3,(H,14,17);1H. The first-order valence-electron chi connectivity index (χ1n) is 6.20. The van der Waals surface area contributed by atoms with Crippen molar-refractivity contribution >= 4 is 29.7 Å².